The Hall–Kier alpha value is -1.73. The van der Waals surface area contributed by atoms with Crippen LogP contribution in [0.4, 0.5) is 8.78 Å². The third kappa shape index (κ3) is 4.02. The van der Waals surface area contributed by atoms with E-state index >= 15 is 0 Å². The van der Waals surface area contributed by atoms with Crippen molar-refractivity contribution in [2.75, 3.05) is 26.3 Å². The smallest absolute Gasteiger partial charge is 0.387 e. The molecule has 1 aromatic rings. The zero-order valence-electron chi connectivity index (χ0n) is 13.4. The van der Waals surface area contributed by atoms with Gasteiger partial charge in [-0.3, -0.25) is 9.69 Å². The van der Waals surface area contributed by atoms with Crippen molar-refractivity contribution >= 4 is 5.91 Å². The number of hydrogen-bond acceptors (Lipinski definition) is 4. The van der Waals surface area contributed by atoms with E-state index in [-0.39, 0.29) is 23.4 Å². The second-order valence-electron chi connectivity index (χ2n) is 6.16. The molecule has 2 heterocycles. The number of hydrogen-bond donors (Lipinski definition) is 1. The van der Waals surface area contributed by atoms with Crippen LogP contribution in [0, 0.1) is 0 Å². The molecule has 2 atom stereocenters. The Balaban J connectivity index is 1.67. The first-order valence-corrected chi connectivity index (χ1v) is 8.31. The van der Waals surface area contributed by atoms with Crippen LogP contribution >= 0.6 is 0 Å². The van der Waals surface area contributed by atoms with E-state index in [2.05, 4.69) is 15.0 Å². The molecule has 2 fully saturated rings. The summed E-state index contributed by atoms with van der Waals surface area (Å²) in [6.07, 6.45) is 3.55. The third-order valence-corrected chi connectivity index (χ3v) is 4.57. The molecule has 2 aliphatic heterocycles. The fourth-order valence-electron chi connectivity index (χ4n) is 3.39. The third-order valence-electron chi connectivity index (χ3n) is 4.57. The summed E-state index contributed by atoms with van der Waals surface area (Å²) in [6.45, 7) is 0.0665. The van der Waals surface area contributed by atoms with Crippen molar-refractivity contribution in [1.29, 1.82) is 0 Å². The average Bonchev–Trinajstić information content (AvgIpc) is 3.03. The number of amides is 1. The quantitative estimate of drug-likeness (QED) is 0.893. The minimum atomic E-state index is -2.96. The lowest BCUT2D eigenvalue weighted by Crippen LogP contribution is -2.52. The number of piperidine rings is 1. The molecular weight excluding hydrogens is 318 g/mol. The van der Waals surface area contributed by atoms with Crippen LogP contribution in [0.3, 0.4) is 0 Å². The van der Waals surface area contributed by atoms with E-state index in [1.807, 2.05) is 0 Å². The molecule has 24 heavy (non-hydrogen) atoms. The lowest BCUT2D eigenvalue weighted by Gasteiger charge is -2.34. The molecule has 1 amide bonds. The summed E-state index contributed by atoms with van der Waals surface area (Å²) < 4.78 is 35.0. The topological polar surface area (TPSA) is 50.8 Å². The van der Waals surface area contributed by atoms with Gasteiger partial charge in [-0.1, -0.05) is 18.6 Å². The van der Waals surface area contributed by atoms with Crippen molar-refractivity contribution in [2.45, 2.75) is 38.0 Å². The standard InChI is InChI=1S/C17H22F2N2O3/c18-17(19)24-15-7-3-2-6-12(15)16(22)20-13-10-23-11-14(13)21-8-4-1-5-9-21/h2-3,6-7,13-14,17H,1,4-5,8-11H2,(H,20,22)/t13-,14-/m1/s1. The van der Waals surface area contributed by atoms with Crippen molar-refractivity contribution in [3.8, 4) is 5.75 Å². The van der Waals surface area contributed by atoms with E-state index in [1.54, 1.807) is 12.1 Å². The second-order valence-corrected chi connectivity index (χ2v) is 6.16. The van der Waals surface area contributed by atoms with Gasteiger partial charge in [0.25, 0.3) is 5.91 Å². The molecule has 2 saturated heterocycles. The van der Waals surface area contributed by atoms with Crippen molar-refractivity contribution in [2.24, 2.45) is 0 Å². The molecule has 5 nitrogen and oxygen atoms in total. The molecule has 7 heteroatoms. The first-order valence-electron chi connectivity index (χ1n) is 8.31. The summed E-state index contributed by atoms with van der Waals surface area (Å²) in [7, 11) is 0. The zero-order chi connectivity index (χ0) is 16.9. The Morgan fingerprint density at radius 2 is 1.96 bits per heavy atom. The molecule has 1 aromatic carbocycles. The van der Waals surface area contributed by atoms with E-state index in [9.17, 15) is 13.6 Å². The summed E-state index contributed by atoms with van der Waals surface area (Å²) in [5, 5.41) is 2.93. The van der Waals surface area contributed by atoms with Gasteiger partial charge in [-0.25, -0.2) is 0 Å². The SMILES string of the molecule is O=C(N[C@@H]1COC[C@H]1N1CCCCC1)c1ccccc1OC(F)F. The maximum Gasteiger partial charge on any atom is 0.387 e. The Bertz CT molecular complexity index is 565. The second kappa shape index (κ2) is 7.90. The number of nitrogens with one attached hydrogen (secondary N) is 1. The fourth-order valence-corrected chi connectivity index (χ4v) is 3.39. The van der Waals surface area contributed by atoms with Crippen LogP contribution in [0.15, 0.2) is 24.3 Å². The van der Waals surface area contributed by atoms with E-state index in [1.165, 1.54) is 18.6 Å². The molecule has 0 bridgehead atoms. The number of halogens is 2. The van der Waals surface area contributed by atoms with Gasteiger partial charge in [-0.15, -0.1) is 0 Å². The molecule has 2 aliphatic rings. The highest BCUT2D eigenvalue weighted by Gasteiger charge is 2.35. The van der Waals surface area contributed by atoms with Crippen molar-refractivity contribution < 1.29 is 23.0 Å². The van der Waals surface area contributed by atoms with Gasteiger partial charge in [0.05, 0.1) is 30.9 Å². The maximum atomic E-state index is 12.5. The Morgan fingerprint density at radius 3 is 2.71 bits per heavy atom. The van der Waals surface area contributed by atoms with Crippen LogP contribution in [-0.4, -0.2) is 55.8 Å². The van der Waals surface area contributed by atoms with Crippen molar-refractivity contribution in [3.05, 3.63) is 29.8 Å². The van der Waals surface area contributed by atoms with Gasteiger partial charge in [0.2, 0.25) is 0 Å². The fraction of sp³-hybridized carbons (Fsp3) is 0.588. The minimum Gasteiger partial charge on any atom is -0.434 e. The van der Waals surface area contributed by atoms with Gasteiger partial charge >= 0.3 is 6.61 Å². The summed E-state index contributed by atoms with van der Waals surface area (Å²) in [4.78, 5) is 14.9. The van der Waals surface area contributed by atoms with Gasteiger partial charge in [0.1, 0.15) is 5.75 Å². The number of alkyl halides is 2. The van der Waals surface area contributed by atoms with E-state index in [0.717, 1.165) is 25.9 Å². The summed E-state index contributed by atoms with van der Waals surface area (Å²) in [6, 6.07) is 6.03. The molecule has 0 unspecified atom stereocenters. The molecular formula is C17H22F2N2O3. The van der Waals surface area contributed by atoms with Gasteiger partial charge < -0.3 is 14.8 Å². The maximum absolute atomic E-state index is 12.5. The van der Waals surface area contributed by atoms with Gasteiger partial charge in [-0.2, -0.15) is 8.78 Å². The molecule has 0 radical (unpaired) electrons. The lowest BCUT2D eigenvalue weighted by atomic mass is 10.0. The van der Waals surface area contributed by atoms with Crippen LogP contribution in [0.5, 0.6) is 5.75 Å². The molecule has 132 valence electrons. The normalized spacial score (nSPS) is 25.0. The van der Waals surface area contributed by atoms with Crippen LogP contribution in [0.1, 0.15) is 29.6 Å². The number of para-hydroxylation sites is 1. The monoisotopic (exact) mass is 340 g/mol. The van der Waals surface area contributed by atoms with Crippen molar-refractivity contribution in [3.63, 3.8) is 0 Å². The number of rotatable bonds is 5. The number of benzene rings is 1. The number of likely N-dealkylation sites (tertiary alicyclic amines) is 1. The zero-order valence-corrected chi connectivity index (χ0v) is 13.4. The average molecular weight is 340 g/mol. The van der Waals surface area contributed by atoms with Crippen molar-refractivity contribution in [1.82, 2.24) is 10.2 Å². The Labute approximate surface area is 139 Å². The highest BCUT2D eigenvalue weighted by molar-refractivity contribution is 5.97. The predicted octanol–water partition coefficient (Wildman–Crippen LogP) is 2.27. The molecule has 3 rings (SSSR count). The summed E-state index contributed by atoms with van der Waals surface area (Å²) >= 11 is 0. The Morgan fingerprint density at radius 1 is 1.21 bits per heavy atom. The minimum absolute atomic E-state index is 0.113. The molecule has 0 aliphatic carbocycles. The first kappa shape index (κ1) is 17.1. The molecule has 0 aromatic heterocycles. The number of ether oxygens (including phenoxy) is 2. The van der Waals surface area contributed by atoms with Crippen LogP contribution in [0.25, 0.3) is 0 Å². The van der Waals surface area contributed by atoms with Crippen LogP contribution in [-0.2, 0) is 4.74 Å². The van der Waals surface area contributed by atoms with Gasteiger partial charge in [0, 0.05) is 0 Å². The molecule has 0 saturated carbocycles. The summed E-state index contributed by atoms with van der Waals surface area (Å²) in [5.41, 5.74) is 0.113. The Kier molecular flexibility index (Phi) is 5.63. The number of carbonyl (C=O) groups excluding carboxylic acids is 1. The highest BCUT2D eigenvalue weighted by atomic mass is 19.3. The van der Waals surface area contributed by atoms with E-state index in [0.29, 0.717) is 13.2 Å². The molecule has 1 N–H and O–H groups in total. The largest absolute Gasteiger partial charge is 0.434 e. The lowest BCUT2D eigenvalue weighted by molar-refractivity contribution is -0.0501. The van der Waals surface area contributed by atoms with E-state index < -0.39 is 12.5 Å². The van der Waals surface area contributed by atoms with Gasteiger partial charge in [-0.05, 0) is 38.1 Å². The molecule has 0 spiro atoms. The van der Waals surface area contributed by atoms with Crippen LogP contribution < -0.4 is 10.1 Å². The van der Waals surface area contributed by atoms with Crippen LogP contribution in [0.2, 0.25) is 0 Å². The number of carbonyl (C=O) groups is 1. The number of nitrogens with zero attached hydrogens (tertiary/aromatic N) is 1. The first-order chi connectivity index (χ1) is 11.6. The highest BCUT2D eigenvalue weighted by Crippen LogP contribution is 2.22. The van der Waals surface area contributed by atoms with Gasteiger partial charge in [0.15, 0.2) is 0 Å². The summed E-state index contributed by atoms with van der Waals surface area (Å²) in [5.74, 6) is -0.526. The van der Waals surface area contributed by atoms with E-state index in [4.69, 9.17) is 4.74 Å². The predicted molar refractivity (Wildman–Crippen MR) is 84.4 cm³/mol.